The van der Waals surface area contributed by atoms with E-state index in [1.165, 1.54) is 0 Å². The number of carbonyl (C=O) groups is 3. The summed E-state index contributed by atoms with van der Waals surface area (Å²) in [4.78, 5) is 32.3. The molecule has 0 bridgehead atoms. The van der Waals surface area contributed by atoms with E-state index in [1.807, 2.05) is 0 Å². The fourth-order valence-corrected chi connectivity index (χ4v) is 1.03. The molecule has 6 nitrogen and oxygen atoms in total. The predicted molar refractivity (Wildman–Crippen MR) is 46.1 cm³/mol. The highest BCUT2D eigenvalue weighted by Gasteiger charge is 2.32. The van der Waals surface area contributed by atoms with E-state index < -0.39 is 24.3 Å². The molecule has 0 aliphatic heterocycles. The third-order valence-corrected chi connectivity index (χ3v) is 1.99. The van der Waals surface area contributed by atoms with Crippen molar-refractivity contribution in [1.82, 2.24) is 5.32 Å². The number of nitrogens with one attached hydrogen (secondary N) is 1. The van der Waals surface area contributed by atoms with E-state index in [1.54, 1.807) is 0 Å². The normalized spacial score (nSPS) is 17.1. The van der Waals surface area contributed by atoms with Gasteiger partial charge in [-0.05, 0) is 12.8 Å². The zero-order valence-corrected chi connectivity index (χ0v) is 7.53. The largest absolute Gasteiger partial charge is 0.481 e. The highest BCUT2D eigenvalue weighted by molar-refractivity contribution is 5.90. The van der Waals surface area contributed by atoms with Gasteiger partial charge >= 0.3 is 5.97 Å². The van der Waals surface area contributed by atoms with Gasteiger partial charge in [0.05, 0.1) is 6.42 Å². The van der Waals surface area contributed by atoms with Crippen LogP contribution >= 0.6 is 0 Å². The number of carbonyl (C=O) groups excluding carboxylic acids is 2. The number of primary amides is 1. The lowest BCUT2D eigenvalue weighted by Crippen LogP contribution is -2.46. The predicted octanol–water partition coefficient (Wildman–Crippen LogP) is -1.16. The fourth-order valence-electron chi connectivity index (χ4n) is 1.03. The molecule has 0 aromatic heterocycles. The Labute approximate surface area is 80.5 Å². The molecule has 1 aliphatic rings. The van der Waals surface area contributed by atoms with Gasteiger partial charge in [-0.15, -0.1) is 0 Å². The molecule has 2 amide bonds. The highest BCUT2D eigenvalue weighted by Crippen LogP contribution is 2.28. The van der Waals surface area contributed by atoms with Crippen LogP contribution in [0.25, 0.3) is 0 Å². The number of amides is 2. The molecule has 4 N–H and O–H groups in total. The van der Waals surface area contributed by atoms with E-state index in [0.29, 0.717) is 0 Å². The van der Waals surface area contributed by atoms with Gasteiger partial charge in [-0.1, -0.05) is 0 Å². The fraction of sp³-hybridized carbons (Fsp3) is 0.625. The van der Waals surface area contributed by atoms with E-state index in [2.05, 4.69) is 5.32 Å². The lowest BCUT2D eigenvalue weighted by Gasteiger charge is -2.12. The van der Waals surface area contributed by atoms with Gasteiger partial charge in [0.1, 0.15) is 6.04 Å². The lowest BCUT2D eigenvalue weighted by molar-refractivity contribution is -0.140. The van der Waals surface area contributed by atoms with Crippen LogP contribution in [0.5, 0.6) is 0 Å². The molecule has 0 heterocycles. The number of hydrogen-bond donors (Lipinski definition) is 3. The number of nitrogens with two attached hydrogens (primary N) is 1. The third kappa shape index (κ3) is 3.04. The van der Waals surface area contributed by atoms with Crippen molar-refractivity contribution in [3.63, 3.8) is 0 Å². The van der Waals surface area contributed by atoms with E-state index in [4.69, 9.17) is 10.8 Å². The summed E-state index contributed by atoms with van der Waals surface area (Å²) < 4.78 is 0. The molecule has 0 unspecified atom stereocenters. The van der Waals surface area contributed by atoms with Crippen LogP contribution in [0.3, 0.4) is 0 Å². The van der Waals surface area contributed by atoms with Gasteiger partial charge < -0.3 is 16.2 Å². The van der Waals surface area contributed by atoms with Gasteiger partial charge in [0, 0.05) is 5.92 Å². The summed E-state index contributed by atoms with van der Waals surface area (Å²) in [5, 5.41) is 10.8. The van der Waals surface area contributed by atoms with Crippen LogP contribution in [-0.2, 0) is 14.4 Å². The van der Waals surface area contributed by atoms with Crippen molar-refractivity contribution in [3.05, 3.63) is 0 Å². The second kappa shape index (κ2) is 4.08. The molecule has 78 valence electrons. The zero-order valence-electron chi connectivity index (χ0n) is 7.53. The Bertz CT molecular complexity index is 273. The Balaban J connectivity index is 2.45. The van der Waals surface area contributed by atoms with Crippen molar-refractivity contribution in [2.45, 2.75) is 25.3 Å². The molecule has 1 rings (SSSR count). The van der Waals surface area contributed by atoms with Gasteiger partial charge in [-0.3, -0.25) is 14.4 Å². The average molecular weight is 200 g/mol. The SMILES string of the molecule is NC(=O)[C@H](CC(=O)O)NC(=O)C1CC1. The Hall–Kier alpha value is -1.59. The number of rotatable bonds is 5. The zero-order chi connectivity index (χ0) is 10.7. The average Bonchev–Trinajstić information content (AvgIpc) is 2.83. The number of carboxylic acids is 1. The van der Waals surface area contributed by atoms with Crippen LogP contribution < -0.4 is 11.1 Å². The first-order valence-electron chi connectivity index (χ1n) is 4.32. The van der Waals surface area contributed by atoms with Crippen LogP contribution in [-0.4, -0.2) is 28.9 Å². The first kappa shape index (κ1) is 10.5. The topological polar surface area (TPSA) is 109 Å². The van der Waals surface area contributed by atoms with E-state index in [9.17, 15) is 14.4 Å². The molecule has 1 saturated carbocycles. The Kier molecular flexibility index (Phi) is 3.06. The number of carboxylic acid groups (broad SMARTS) is 1. The van der Waals surface area contributed by atoms with Crippen LogP contribution in [0.4, 0.5) is 0 Å². The third-order valence-electron chi connectivity index (χ3n) is 1.99. The van der Waals surface area contributed by atoms with Crippen LogP contribution in [0.1, 0.15) is 19.3 Å². The van der Waals surface area contributed by atoms with E-state index in [-0.39, 0.29) is 11.8 Å². The van der Waals surface area contributed by atoms with Crippen LogP contribution in [0.15, 0.2) is 0 Å². The summed E-state index contributed by atoms with van der Waals surface area (Å²) >= 11 is 0. The van der Waals surface area contributed by atoms with Gasteiger partial charge in [0.25, 0.3) is 0 Å². The molecule has 0 spiro atoms. The summed E-state index contributed by atoms with van der Waals surface area (Å²) in [6.07, 6.45) is 1.13. The maximum absolute atomic E-state index is 11.2. The van der Waals surface area contributed by atoms with E-state index in [0.717, 1.165) is 12.8 Å². The van der Waals surface area contributed by atoms with Crippen molar-refractivity contribution in [1.29, 1.82) is 0 Å². The quantitative estimate of drug-likeness (QED) is 0.520. The van der Waals surface area contributed by atoms with Crippen molar-refractivity contribution >= 4 is 17.8 Å². The molecule has 0 radical (unpaired) electrons. The van der Waals surface area contributed by atoms with Crippen molar-refractivity contribution in [2.75, 3.05) is 0 Å². The van der Waals surface area contributed by atoms with Crippen molar-refractivity contribution < 1.29 is 19.5 Å². The highest BCUT2D eigenvalue weighted by atomic mass is 16.4. The first-order valence-corrected chi connectivity index (χ1v) is 4.32. The molecule has 6 heteroatoms. The summed E-state index contributed by atoms with van der Waals surface area (Å²) in [5.74, 6) is -2.33. The van der Waals surface area contributed by atoms with E-state index >= 15 is 0 Å². The Morgan fingerprint density at radius 1 is 1.43 bits per heavy atom. The van der Waals surface area contributed by atoms with Crippen LogP contribution in [0, 0.1) is 5.92 Å². The second-order valence-corrected chi connectivity index (χ2v) is 3.34. The molecular formula is C8H12N2O4. The molecular weight excluding hydrogens is 188 g/mol. The molecule has 1 atom stereocenters. The number of aliphatic carboxylic acids is 1. The molecule has 14 heavy (non-hydrogen) atoms. The molecule has 1 fully saturated rings. The molecule has 0 saturated heterocycles. The minimum absolute atomic E-state index is 0.0642. The monoisotopic (exact) mass is 200 g/mol. The maximum Gasteiger partial charge on any atom is 0.305 e. The minimum Gasteiger partial charge on any atom is -0.481 e. The second-order valence-electron chi connectivity index (χ2n) is 3.34. The van der Waals surface area contributed by atoms with Gasteiger partial charge in [-0.25, -0.2) is 0 Å². The minimum atomic E-state index is -1.16. The Morgan fingerprint density at radius 2 is 2.00 bits per heavy atom. The van der Waals surface area contributed by atoms with Gasteiger partial charge in [0.2, 0.25) is 11.8 Å². The first-order chi connectivity index (χ1) is 6.50. The standard InChI is InChI=1S/C8H12N2O4/c9-7(13)5(3-6(11)12)10-8(14)4-1-2-4/h4-5H,1-3H2,(H2,9,13)(H,10,14)(H,11,12)/t5-/m0/s1. The maximum atomic E-state index is 11.2. The lowest BCUT2D eigenvalue weighted by atomic mass is 10.2. The molecule has 0 aromatic carbocycles. The van der Waals surface area contributed by atoms with Crippen molar-refractivity contribution in [2.24, 2.45) is 11.7 Å². The summed E-state index contributed by atoms with van der Waals surface area (Å²) in [6, 6.07) is -1.10. The number of hydrogen-bond acceptors (Lipinski definition) is 3. The van der Waals surface area contributed by atoms with Gasteiger partial charge in [0.15, 0.2) is 0 Å². The Morgan fingerprint density at radius 3 is 2.36 bits per heavy atom. The van der Waals surface area contributed by atoms with Gasteiger partial charge in [-0.2, -0.15) is 0 Å². The molecule has 1 aliphatic carbocycles. The summed E-state index contributed by atoms with van der Waals surface area (Å²) in [6.45, 7) is 0. The summed E-state index contributed by atoms with van der Waals surface area (Å²) in [5.41, 5.74) is 4.94. The van der Waals surface area contributed by atoms with Crippen molar-refractivity contribution in [3.8, 4) is 0 Å². The van der Waals surface area contributed by atoms with Crippen LogP contribution in [0.2, 0.25) is 0 Å². The molecule has 0 aromatic rings. The summed E-state index contributed by atoms with van der Waals surface area (Å²) in [7, 11) is 0. The smallest absolute Gasteiger partial charge is 0.305 e.